The zero-order valence-electron chi connectivity index (χ0n) is 31.2. The Morgan fingerprint density at radius 1 is 0.500 bits per heavy atom. The van der Waals surface area contributed by atoms with Crippen LogP contribution >= 0.6 is 0 Å². The molecule has 2 saturated heterocycles. The topological polar surface area (TPSA) is 150 Å². The molecule has 2 aliphatic rings. The number of rotatable bonds is 14. The molecule has 4 aromatic rings. The van der Waals surface area contributed by atoms with E-state index in [-0.39, 0.29) is 29.4 Å². The molecular formula is C41H50N8O5. The first-order valence-electron chi connectivity index (χ1n) is 18.9. The summed E-state index contributed by atoms with van der Waals surface area (Å²) in [6.07, 6.45) is 10.7. The molecule has 284 valence electrons. The lowest BCUT2D eigenvalue weighted by Gasteiger charge is -2.19. The Morgan fingerprint density at radius 3 is 1.24 bits per heavy atom. The van der Waals surface area contributed by atoms with Crippen molar-refractivity contribution in [2.75, 3.05) is 63.0 Å². The lowest BCUT2D eigenvalue weighted by atomic mass is 10.0. The first-order chi connectivity index (χ1) is 26.1. The quantitative estimate of drug-likeness (QED) is 0.139. The Bertz CT molecular complexity index is 1950. The lowest BCUT2D eigenvalue weighted by Crippen LogP contribution is -2.36. The minimum Gasteiger partial charge on any atom is -0.349 e. The fraction of sp³-hybridized carbons (Fsp3) is 0.390. The standard InChI is InChI=1S/C41H50N8O5/c1-46-27-33(25-35(46)40(53)42-17-23-48-19-5-3-4-6-20-48)44-38(51)31-13-9-29(10-14-31)37(50)30-11-15-32(16-12-30)39(52)45-34-26-36(47(2)28-34)41(54)43-18-24-49-21-7-8-22-49/h9-16,25-28H,3-8,17-24H2,1-2H3,(H,42,53)(H,43,54)(H,44,51)(H,45,52). The largest absolute Gasteiger partial charge is 0.349 e. The van der Waals surface area contributed by atoms with Crippen LogP contribution in [0.2, 0.25) is 0 Å². The van der Waals surface area contributed by atoms with E-state index in [9.17, 15) is 24.0 Å². The van der Waals surface area contributed by atoms with Gasteiger partial charge in [-0.1, -0.05) is 37.1 Å². The number of ketones is 1. The third kappa shape index (κ3) is 9.91. The number of hydrogen-bond acceptors (Lipinski definition) is 7. The maximum Gasteiger partial charge on any atom is 0.268 e. The molecule has 13 nitrogen and oxygen atoms in total. The SMILES string of the molecule is Cn1cc(NC(=O)c2ccc(C(=O)c3ccc(C(=O)Nc4cc(C(=O)NCCN5CCCC5)n(C)c4)cc3)cc2)cc1C(=O)NCCN1CCCCCC1. The summed E-state index contributed by atoms with van der Waals surface area (Å²) in [4.78, 5) is 69.6. The molecule has 2 aromatic carbocycles. The Labute approximate surface area is 316 Å². The van der Waals surface area contributed by atoms with Crippen LogP contribution in [-0.4, -0.2) is 101 Å². The molecule has 0 bridgehead atoms. The average molecular weight is 735 g/mol. The molecule has 0 radical (unpaired) electrons. The van der Waals surface area contributed by atoms with Crippen LogP contribution in [0.1, 0.15) is 96.1 Å². The van der Waals surface area contributed by atoms with E-state index in [1.165, 1.54) is 38.5 Å². The van der Waals surface area contributed by atoms with Gasteiger partial charge in [0.2, 0.25) is 0 Å². The molecule has 0 saturated carbocycles. The number of aryl methyl sites for hydroxylation is 2. The highest BCUT2D eigenvalue weighted by molar-refractivity contribution is 6.11. The molecule has 0 aliphatic carbocycles. The first kappa shape index (κ1) is 38.2. The van der Waals surface area contributed by atoms with Gasteiger partial charge in [-0.15, -0.1) is 0 Å². The van der Waals surface area contributed by atoms with E-state index in [0.717, 1.165) is 39.3 Å². The molecule has 2 aliphatic heterocycles. The van der Waals surface area contributed by atoms with Crippen molar-refractivity contribution in [1.29, 1.82) is 0 Å². The molecule has 2 aromatic heterocycles. The predicted octanol–water partition coefficient (Wildman–Crippen LogP) is 4.53. The number of benzene rings is 2. The Hall–Kier alpha value is -5.53. The number of nitrogens with one attached hydrogen (secondary N) is 4. The molecule has 4 amide bonds. The Kier molecular flexibility index (Phi) is 12.7. The maximum absolute atomic E-state index is 13.2. The van der Waals surface area contributed by atoms with Crippen molar-refractivity contribution < 1.29 is 24.0 Å². The van der Waals surface area contributed by atoms with Crippen molar-refractivity contribution in [3.63, 3.8) is 0 Å². The molecule has 4 N–H and O–H groups in total. The fourth-order valence-electron chi connectivity index (χ4n) is 7.04. The van der Waals surface area contributed by atoms with Gasteiger partial charge < -0.3 is 40.2 Å². The molecule has 13 heteroatoms. The van der Waals surface area contributed by atoms with Gasteiger partial charge >= 0.3 is 0 Å². The highest BCUT2D eigenvalue weighted by atomic mass is 16.2. The van der Waals surface area contributed by atoms with Crippen LogP contribution in [0.4, 0.5) is 11.4 Å². The van der Waals surface area contributed by atoms with Crippen LogP contribution in [0.5, 0.6) is 0 Å². The second-order valence-electron chi connectivity index (χ2n) is 14.2. The summed E-state index contributed by atoms with van der Waals surface area (Å²) >= 11 is 0. The van der Waals surface area contributed by atoms with E-state index < -0.39 is 0 Å². The summed E-state index contributed by atoms with van der Waals surface area (Å²) in [5.74, 6) is -1.39. The number of likely N-dealkylation sites (tertiary alicyclic amines) is 2. The van der Waals surface area contributed by atoms with E-state index in [0.29, 0.717) is 58.1 Å². The number of hydrogen-bond donors (Lipinski definition) is 4. The van der Waals surface area contributed by atoms with Crippen molar-refractivity contribution in [1.82, 2.24) is 29.6 Å². The van der Waals surface area contributed by atoms with Crippen LogP contribution in [-0.2, 0) is 14.1 Å². The minimum atomic E-state index is -0.370. The third-order valence-electron chi connectivity index (χ3n) is 10.1. The summed E-state index contributed by atoms with van der Waals surface area (Å²) in [5.41, 5.74) is 3.36. The minimum absolute atomic E-state index is 0.196. The Morgan fingerprint density at radius 2 is 0.852 bits per heavy atom. The smallest absolute Gasteiger partial charge is 0.268 e. The second-order valence-corrected chi connectivity index (χ2v) is 14.2. The zero-order valence-corrected chi connectivity index (χ0v) is 31.2. The molecule has 6 rings (SSSR count). The van der Waals surface area contributed by atoms with Gasteiger partial charge in [-0.3, -0.25) is 24.0 Å². The zero-order chi connectivity index (χ0) is 38.0. The number of anilines is 2. The summed E-state index contributed by atoms with van der Waals surface area (Å²) in [6.45, 7) is 7.03. The van der Waals surface area contributed by atoms with Crippen LogP contribution in [0.15, 0.2) is 73.1 Å². The van der Waals surface area contributed by atoms with E-state index in [1.54, 1.807) is 96.3 Å². The van der Waals surface area contributed by atoms with Gasteiger partial charge in [0.25, 0.3) is 23.6 Å². The second kappa shape index (κ2) is 18.0. The molecule has 4 heterocycles. The monoisotopic (exact) mass is 734 g/mol. The fourth-order valence-corrected chi connectivity index (χ4v) is 7.04. The van der Waals surface area contributed by atoms with Gasteiger partial charge in [0, 0.05) is 74.9 Å². The number of nitrogens with zero attached hydrogens (tertiary/aromatic N) is 4. The lowest BCUT2D eigenvalue weighted by molar-refractivity contribution is 0.0933. The van der Waals surface area contributed by atoms with Crippen molar-refractivity contribution in [2.24, 2.45) is 14.1 Å². The molecule has 54 heavy (non-hydrogen) atoms. The van der Waals surface area contributed by atoms with Crippen molar-refractivity contribution in [3.05, 3.63) is 107 Å². The van der Waals surface area contributed by atoms with Crippen molar-refractivity contribution in [2.45, 2.75) is 38.5 Å². The van der Waals surface area contributed by atoms with Gasteiger partial charge in [-0.2, -0.15) is 0 Å². The molecular weight excluding hydrogens is 685 g/mol. The number of aromatic nitrogens is 2. The van der Waals surface area contributed by atoms with E-state index in [1.807, 2.05) is 0 Å². The third-order valence-corrected chi connectivity index (χ3v) is 10.1. The van der Waals surface area contributed by atoms with Crippen LogP contribution in [0.25, 0.3) is 0 Å². The highest BCUT2D eigenvalue weighted by Crippen LogP contribution is 2.19. The van der Waals surface area contributed by atoms with E-state index in [2.05, 4.69) is 31.1 Å². The van der Waals surface area contributed by atoms with Gasteiger partial charge in [0.05, 0.1) is 11.4 Å². The molecule has 0 spiro atoms. The maximum atomic E-state index is 13.2. The summed E-state index contributed by atoms with van der Waals surface area (Å²) in [7, 11) is 3.51. The summed E-state index contributed by atoms with van der Waals surface area (Å²) < 4.78 is 3.36. The number of amides is 4. The average Bonchev–Trinajstić information content (AvgIpc) is 3.86. The first-order valence-corrected chi connectivity index (χ1v) is 18.9. The molecule has 0 unspecified atom stereocenters. The van der Waals surface area contributed by atoms with Crippen LogP contribution in [0, 0.1) is 0 Å². The van der Waals surface area contributed by atoms with Crippen molar-refractivity contribution in [3.8, 4) is 0 Å². The van der Waals surface area contributed by atoms with E-state index >= 15 is 0 Å². The Balaban J connectivity index is 0.975. The highest BCUT2D eigenvalue weighted by Gasteiger charge is 2.18. The van der Waals surface area contributed by atoms with Gasteiger partial charge in [0.15, 0.2) is 5.78 Å². The normalized spacial score (nSPS) is 15.0. The van der Waals surface area contributed by atoms with Crippen molar-refractivity contribution >= 4 is 40.8 Å². The van der Waals surface area contributed by atoms with E-state index in [4.69, 9.17) is 0 Å². The molecule has 0 atom stereocenters. The summed E-state index contributed by atoms with van der Waals surface area (Å²) in [5, 5.41) is 11.6. The van der Waals surface area contributed by atoms with Crippen LogP contribution in [0.3, 0.4) is 0 Å². The van der Waals surface area contributed by atoms with Crippen LogP contribution < -0.4 is 21.3 Å². The number of carbonyl (C=O) groups is 5. The number of carbonyl (C=O) groups excluding carboxylic acids is 5. The van der Waals surface area contributed by atoms with Gasteiger partial charge in [0.1, 0.15) is 11.4 Å². The van der Waals surface area contributed by atoms with Gasteiger partial charge in [-0.25, -0.2) is 0 Å². The molecule has 2 fully saturated rings. The summed E-state index contributed by atoms with van der Waals surface area (Å²) in [6, 6.07) is 15.9. The predicted molar refractivity (Wildman–Crippen MR) is 208 cm³/mol. The van der Waals surface area contributed by atoms with Gasteiger partial charge in [-0.05, 0) is 88.3 Å².